The second-order valence-electron chi connectivity index (χ2n) is 5.83. The largest absolute Gasteiger partial charge is 0.355 e. The molecule has 2 aromatic carbocycles. The van der Waals surface area contributed by atoms with Crippen molar-refractivity contribution in [1.29, 1.82) is 0 Å². The van der Waals surface area contributed by atoms with E-state index in [2.05, 4.69) is 16.0 Å². The fourth-order valence-electron chi connectivity index (χ4n) is 2.52. The zero-order valence-electron chi connectivity index (χ0n) is 12.8. The Hall–Kier alpha value is -3.15. The van der Waals surface area contributed by atoms with Gasteiger partial charge in [-0.05, 0) is 31.0 Å². The highest BCUT2D eigenvalue weighted by Crippen LogP contribution is 2.29. The van der Waals surface area contributed by atoms with Crippen LogP contribution in [0.3, 0.4) is 0 Å². The Bertz CT molecular complexity index is 914. The summed E-state index contributed by atoms with van der Waals surface area (Å²) in [6.45, 7) is 0. The number of fused-ring (bicyclic) bond motifs is 1. The first-order chi connectivity index (χ1) is 11.7. The van der Waals surface area contributed by atoms with Gasteiger partial charge in [0, 0.05) is 17.0 Å². The summed E-state index contributed by atoms with van der Waals surface area (Å²) < 4.78 is 5.42. The van der Waals surface area contributed by atoms with Crippen LogP contribution in [0.1, 0.15) is 23.2 Å². The van der Waals surface area contributed by atoms with E-state index in [-0.39, 0.29) is 17.7 Å². The summed E-state index contributed by atoms with van der Waals surface area (Å²) in [5.74, 6) is 0.142. The third-order valence-corrected chi connectivity index (χ3v) is 4.02. The lowest BCUT2D eigenvalue weighted by Gasteiger charge is -2.06. The smallest absolute Gasteiger partial charge is 0.269 e. The average molecular weight is 321 g/mol. The molecule has 0 saturated heterocycles. The van der Waals surface area contributed by atoms with Crippen LogP contribution in [0.4, 0.5) is 0 Å². The number of aromatic nitrogens is 1. The second kappa shape index (κ2) is 5.81. The molecule has 0 bridgehead atoms. The predicted molar refractivity (Wildman–Crippen MR) is 87.8 cm³/mol. The van der Waals surface area contributed by atoms with Crippen LogP contribution >= 0.6 is 0 Å². The summed E-state index contributed by atoms with van der Waals surface area (Å²) in [4.78, 5) is 23.8. The van der Waals surface area contributed by atoms with Gasteiger partial charge in [0.2, 0.25) is 5.91 Å². The fourth-order valence-corrected chi connectivity index (χ4v) is 2.52. The van der Waals surface area contributed by atoms with Crippen LogP contribution in [0.25, 0.3) is 22.2 Å². The molecule has 1 aromatic heterocycles. The molecule has 120 valence electrons. The number of amides is 2. The van der Waals surface area contributed by atoms with Crippen LogP contribution in [0.5, 0.6) is 0 Å². The predicted octanol–water partition coefficient (Wildman–Crippen LogP) is 2.67. The lowest BCUT2D eigenvalue weighted by atomic mass is 10.1. The van der Waals surface area contributed by atoms with E-state index in [0.717, 1.165) is 23.8 Å². The summed E-state index contributed by atoms with van der Waals surface area (Å²) in [7, 11) is 0. The Balaban J connectivity index is 1.60. The van der Waals surface area contributed by atoms with E-state index < -0.39 is 0 Å². The van der Waals surface area contributed by atoms with Crippen molar-refractivity contribution < 1.29 is 14.1 Å². The monoisotopic (exact) mass is 321 g/mol. The van der Waals surface area contributed by atoms with E-state index >= 15 is 0 Å². The molecular weight excluding hydrogens is 306 g/mol. The molecule has 24 heavy (non-hydrogen) atoms. The molecule has 6 nitrogen and oxygen atoms in total. The molecule has 2 amide bonds. The zero-order valence-corrected chi connectivity index (χ0v) is 12.8. The minimum Gasteiger partial charge on any atom is -0.355 e. The van der Waals surface area contributed by atoms with Gasteiger partial charge in [-0.3, -0.25) is 20.4 Å². The van der Waals surface area contributed by atoms with Crippen molar-refractivity contribution in [3.63, 3.8) is 0 Å². The molecule has 0 unspecified atom stereocenters. The summed E-state index contributed by atoms with van der Waals surface area (Å²) in [5, 5.41) is 4.78. The number of benzene rings is 2. The van der Waals surface area contributed by atoms with E-state index in [1.165, 1.54) is 0 Å². The molecule has 0 radical (unpaired) electrons. The number of carbonyl (C=O) groups excluding carboxylic acids is 2. The van der Waals surface area contributed by atoms with Gasteiger partial charge in [-0.1, -0.05) is 35.5 Å². The van der Waals surface area contributed by atoms with Crippen molar-refractivity contribution in [1.82, 2.24) is 16.0 Å². The van der Waals surface area contributed by atoms with Gasteiger partial charge < -0.3 is 4.52 Å². The lowest BCUT2D eigenvalue weighted by molar-refractivity contribution is -0.123. The molecule has 3 aromatic rings. The molecule has 6 heteroatoms. The van der Waals surface area contributed by atoms with Crippen LogP contribution in [0, 0.1) is 5.92 Å². The van der Waals surface area contributed by atoms with E-state index in [1.807, 2.05) is 30.3 Å². The van der Waals surface area contributed by atoms with Crippen molar-refractivity contribution in [2.45, 2.75) is 12.8 Å². The van der Waals surface area contributed by atoms with E-state index in [1.54, 1.807) is 18.2 Å². The normalized spacial score (nSPS) is 13.7. The minimum atomic E-state index is -0.369. The molecular formula is C18H15N3O3. The number of hydrazine groups is 1. The van der Waals surface area contributed by atoms with Crippen molar-refractivity contribution in [2.24, 2.45) is 5.92 Å². The summed E-state index contributed by atoms with van der Waals surface area (Å²) >= 11 is 0. The molecule has 4 rings (SSSR count). The number of nitrogens with zero attached hydrogens (tertiary/aromatic N) is 1. The second-order valence-corrected chi connectivity index (χ2v) is 5.83. The van der Waals surface area contributed by atoms with Gasteiger partial charge in [-0.15, -0.1) is 0 Å². The molecule has 1 aliphatic carbocycles. The SMILES string of the molecule is O=C(NNC(=O)C1CC1)c1ccc2noc(-c3ccccc3)c2c1. The summed E-state index contributed by atoms with van der Waals surface area (Å²) in [6, 6.07) is 14.7. The van der Waals surface area contributed by atoms with Crippen LogP contribution in [0.15, 0.2) is 53.1 Å². The van der Waals surface area contributed by atoms with E-state index in [0.29, 0.717) is 16.8 Å². The number of hydrogen-bond donors (Lipinski definition) is 2. The fraction of sp³-hybridized carbons (Fsp3) is 0.167. The van der Waals surface area contributed by atoms with Gasteiger partial charge in [0.05, 0.1) is 5.39 Å². The molecule has 1 heterocycles. The van der Waals surface area contributed by atoms with Crippen LogP contribution in [-0.2, 0) is 4.79 Å². The first kappa shape index (κ1) is 14.4. The summed E-state index contributed by atoms with van der Waals surface area (Å²) in [6.07, 6.45) is 1.77. The van der Waals surface area contributed by atoms with Crippen molar-refractivity contribution in [3.05, 3.63) is 54.1 Å². The average Bonchev–Trinajstić information content (AvgIpc) is 3.39. The molecule has 1 fully saturated rings. The first-order valence-corrected chi connectivity index (χ1v) is 7.77. The summed E-state index contributed by atoms with van der Waals surface area (Å²) in [5.41, 5.74) is 6.89. The highest BCUT2D eigenvalue weighted by atomic mass is 16.5. The molecule has 1 aliphatic rings. The maximum Gasteiger partial charge on any atom is 0.269 e. The third-order valence-electron chi connectivity index (χ3n) is 4.02. The maximum absolute atomic E-state index is 12.2. The number of hydrogen-bond acceptors (Lipinski definition) is 4. The Labute approximate surface area is 137 Å². The number of carbonyl (C=O) groups is 2. The highest BCUT2D eigenvalue weighted by Gasteiger charge is 2.29. The molecule has 0 spiro atoms. The standard InChI is InChI=1S/C18H15N3O3/c22-17(12-6-7-12)19-20-18(23)13-8-9-15-14(10-13)16(24-21-15)11-4-2-1-3-5-11/h1-5,8-10,12H,6-7H2,(H,19,22)(H,20,23). The van der Waals surface area contributed by atoms with Crippen LogP contribution in [-0.4, -0.2) is 17.0 Å². The van der Waals surface area contributed by atoms with Crippen molar-refractivity contribution in [3.8, 4) is 11.3 Å². The van der Waals surface area contributed by atoms with Gasteiger partial charge in [0.25, 0.3) is 5.91 Å². The van der Waals surface area contributed by atoms with Gasteiger partial charge in [0.1, 0.15) is 5.52 Å². The molecule has 0 aliphatic heterocycles. The quantitative estimate of drug-likeness (QED) is 0.726. The van der Waals surface area contributed by atoms with Gasteiger partial charge in [-0.25, -0.2) is 0 Å². The molecule has 0 atom stereocenters. The Kier molecular flexibility index (Phi) is 3.49. The van der Waals surface area contributed by atoms with Crippen molar-refractivity contribution in [2.75, 3.05) is 0 Å². The van der Waals surface area contributed by atoms with E-state index in [9.17, 15) is 9.59 Å². The first-order valence-electron chi connectivity index (χ1n) is 7.77. The van der Waals surface area contributed by atoms with Crippen LogP contribution in [0.2, 0.25) is 0 Å². The Morgan fingerprint density at radius 1 is 1.04 bits per heavy atom. The third kappa shape index (κ3) is 2.74. The minimum absolute atomic E-state index is 0.0375. The Morgan fingerprint density at radius 2 is 1.83 bits per heavy atom. The van der Waals surface area contributed by atoms with Crippen LogP contribution < -0.4 is 10.9 Å². The highest BCUT2D eigenvalue weighted by molar-refractivity contribution is 6.01. The Morgan fingerprint density at radius 3 is 2.58 bits per heavy atom. The number of nitrogens with one attached hydrogen (secondary N) is 2. The molecule has 2 N–H and O–H groups in total. The maximum atomic E-state index is 12.2. The number of rotatable bonds is 3. The van der Waals surface area contributed by atoms with Gasteiger partial charge in [-0.2, -0.15) is 0 Å². The van der Waals surface area contributed by atoms with E-state index in [4.69, 9.17) is 4.52 Å². The topological polar surface area (TPSA) is 84.2 Å². The molecule has 1 saturated carbocycles. The van der Waals surface area contributed by atoms with Crippen molar-refractivity contribution >= 4 is 22.7 Å². The van der Waals surface area contributed by atoms with Gasteiger partial charge in [0.15, 0.2) is 5.76 Å². The lowest BCUT2D eigenvalue weighted by Crippen LogP contribution is -2.42. The van der Waals surface area contributed by atoms with Gasteiger partial charge >= 0.3 is 0 Å². The zero-order chi connectivity index (χ0) is 16.5.